The molecule has 0 aromatic carbocycles. The quantitative estimate of drug-likeness (QED) is 0.568. The number of hydrogen-bond donors (Lipinski definition) is 1. The molecule has 1 saturated heterocycles. The topological polar surface area (TPSA) is 35.2 Å². The minimum atomic E-state index is 0. The first-order chi connectivity index (χ1) is 3.27. The van der Waals surface area contributed by atoms with Crippen molar-refractivity contribution in [3.8, 4) is 0 Å². The first kappa shape index (κ1) is 8.21. The van der Waals surface area contributed by atoms with Gasteiger partial charge in [-0.1, -0.05) is 6.92 Å². The molecule has 0 spiro atoms. The molecule has 0 unspecified atom stereocenters. The van der Waals surface area contributed by atoms with Crippen LogP contribution in [0.15, 0.2) is 0 Å². The van der Waals surface area contributed by atoms with Crippen LogP contribution in [-0.4, -0.2) is 19.8 Å². The molecule has 8 heavy (non-hydrogen) atoms. The lowest BCUT2D eigenvalue weighted by Crippen LogP contribution is -2.45. The Labute approximate surface area is 55.8 Å². The molecule has 2 nitrogen and oxygen atoms in total. The highest BCUT2D eigenvalue weighted by Gasteiger charge is 2.31. The molecule has 0 radical (unpaired) electrons. The number of rotatable bonds is 1. The summed E-state index contributed by atoms with van der Waals surface area (Å²) in [5.74, 6) is 0. The Bertz CT molecular complexity index is 67.3. The number of ether oxygens (including phenoxy) is 1. The zero-order valence-corrected chi connectivity index (χ0v) is 5.83. The van der Waals surface area contributed by atoms with E-state index in [9.17, 15) is 0 Å². The number of halogens is 1. The van der Waals surface area contributed by atoms with Crippen molar-refractivity contribution in [1.82, 2.24) is 0 Å². The van der Waals surface area contributed by atoms with Gasteiger partial charge in [0.1, 0.15) is 0 Å². The van der Waals surface area contributed by atoms with E-state index in [1.165, 1.54) is 0 Å². The van der Waals surface area contributed by atoms with E-state index in [2.05, 4.69) is 6.92 Å². The third-order valence-corrected chi connectivity index (χ3v) is 1.39. The molecule has 0 bridgehead atoms. The normalized spacial score (nSPS) is 23.2. The molecule has 1 rings (SSSR count). The standard InChI is InChI=1S/C5H11NO.ClH/c1-5(2-6)3-7-4-5;/h2-4,6H2,1H3;1H. The van der Waals surface area contributed by atoms with Gasteiger partial charge in [0.25, 0.3) is 0 Å². The predicted molar refractivity (Wildman–Crippen MR) is 35.2 cm³/mol. The van der Waals surface area contributed by atoms with Gasteiger partial charge in [0.2, 0.25) is 0 Å². The predicted octanol–water partition coefficient (Wildman–Crippen LogP) is 0.403. The fourth-order valence-electron chi connectivity index (χ4n) is 0.568. The van der Waals surface area contributed by atoms with E-state index in [1.54, 1.807) is 0 Å². The Kier molecular flexibility index (Phi) is 2.74. The van der Waals surface area contributed by atoms with Crippen LogP contribution >= 0.6 is 12.4 Å². The highest BCUT2D eigenvalue weighted by molar-refractivity contribution is 5.85. The van der Waals surface area contributed by atoms with Gasteiger partial charge >= 0.3 is 0 Å². The Balaban J connectivity index is 0.000000490. The van der Waals surface area contributed by atoms with E-state index in [0.29, 0.717) is 5.41 Å². The van der Waals surface area contributed by atoms with Crippen molar-refractivity contribution in [2.45, 2.75) is 6.92 Å². The van der Waals surface area contributed by atoms with Crippen LogP contribution in [0.3, 0.4) is 0 Å². The zero-order valence-electron chi connectivity index (χ0n) is 5.02. The molecule has 50 valence electrons. The highest BCUT2D eigenvalue weighted by atomic mass is 35.5. The average molecular weight is 138 g/mol. The van der Waals surface area contributed by atoms with E-state index >= 15 is 0 Å². The molecule has 0 aliphatic carbocycles. The first-order valence-corrected chi connectivity index (χ1v) is 2.55. The van der Waals surface area contributed by atoms with Crippen LogP contribution in [0.2, 0.25) is 0 Å². The van der Waals surface area contributed by atoms with Gasteiger partial charge in [-0.05, 0) is 0 Å². The minimum absolute atomic E-state index is 0. The fourth-order valence-corrected chi connectivity index (χ4v) is 0.568. The Morgan fingerprint density at radius 2 is 2.12 bits per heavy atom. The molecule has 3 heteroatoms. The van der Waals surface area contributed by atoms with Crippen molar-refractivity contribution in [3.05, 3.63) is 0 Å². The molecule has 0 saturated carbocycles. The van der Waals surface area contributed by atoms with Gasteiger partial charge in [-0.3, -0.25) is 0 Å². The van der Waals surface area contributed by atoms with Crippen LogP contribution in [0, 0.1) is 5.41 Å². The Hall–Kier alpha value is 0.210. The van der Waals surface area contributed by atoms with Crippen molar-refractivity contribution >= 4 is 12.4 Å². The summed E-state index contributed by atoms with van der Waals surface area (Å²) in [5.41, 5.74) is 5.71. The summed E-state index contributed by atoms with van der Waals surface area (Å²) in [7, 11) is 0. The van der Waals surface area contributed by atoms with Crippen molar-refractivity contribution in [1.29, 1.82) is 0 Å². The molecular formula is C5H12ClNO. The Morgan fingerprint density at radius 3 is 2.12 bits per heavy atom. The SMILES string of the molecule is CC1(CN)COC1.Cl. The van der Waals surface area contributed by atoms with E-state index in [-0.39, 0.29) is 12.4 Å². The molecule has 0 aromatic rings. The summed E-state index contributed by atoms with van der Waals surface area (Å²) in [5, 5.41) is 0. The maximum atomic E-state index is 5.39. The van der Waals surface area contributed by atoms with Gasteiger partial charge in [0.05, 0.1) is 13.2 Å². The monoisotopic (exact) mass is 137 g/mol. The van der Waals surface area contributed by atoms with Crippen molar-refractivity contribution in [2.24, 2.45) is 11.1 Å². The lowest BCUT2D eigenvalue weighted by atomic mass is 9.89. The summed E-state index contributed by atoms with van der Waals surface area (Å²) in [6, 6.07) is 0. The lowest BCUT2D eigenvalue weighted by Gasteiger charge is -2.36. The van der Waals surface area contributed by atoms with Gasteiger partial charge in [-0.25, -0.2) is 0 Å². The summed E-state index contributed by atoms with van der Waals surface area (Å²) in [4.78, 5) is 0. The summed E-state index contributed by atoms with van der Waals surface area (Å²) in [6.45, 7) is 4.59. The maximum absolute atomic E-state index is 5.39. The third-order valence-electron chi connectivity index (χ3n) is 1.39. The van der Waals surface area contributed by atoms with Crippen LogP contribution in [0.4, 0.5) is 0 Å². The highest BCUT2D eigenvalue weighted by Crippen LogP contribution is 2.23. The molecule has 1 aliphatic heterocycles. The zero-order chi connectivity index (χ0) is 5.33. The first-order valence-electron chi connectivity index (χ1n) is 2.55. The summed E-state index contributed by atoms with van der Waals surface area (Å²) in [6.07, 6.45) is 0. The van der Waals surface area contributed by atoms with E-state index in [1.807, 2.05) is 0 Å². The smallest absolute Gasteiger partial charge is 0.0554 e. The van der Waals surface area contributed by atoms with Crippen LogP contribution in [0.5, 0.6) is 0 Å². The largest absolute Gasteiger partial charge is 0.380 e. The van der Waals surface area contributed by atoms with Crippen LogP contribution < -0.4 is 5.73 Å². The molecule has 1 fully saturated rings. The number of nitrogens with two attached hydrogens (primary N) is 1. The minimum Gasteiger partial charge on any atom is -0.380 e. The molecule has 0 aromatic heterocycles. The molecule has 1 aliphatic rings. The molecule has 0 atom stereocenters. The van der Waals surface area contributed by atoms with Crippen molar-refractivity contribution in [2.75, 3.05) is 19.8 Å². The third kappa shape index (κ3) is 1.34. The van der Waals surface area contributed by atoms with Gasteiger partial charge in [0, 0.05) is 12.0 Å². The molecule has 1 heterocycles. The maximum Gasteiger partial charge on any atom is 0.0554 e. The second-order valence-corrected chi connectivity index (χ2v) is 2.51. The second kappa shape index (κ2) is 2.67. The van der Waals surface area contributed by atoms with Crippen molar-refractivity contribution in [3.63, 3.8) is 0 Å². The summed E-state index contributed by atoms with van der Waals surface area (Å²) >= 11 is 0. The molecule has 0 amide bonds. The molecule has 2 N–H and O–H groups in total. The summed E-state index contributed by atoms with van der Waals surface area (Å²) < 4.78 is 4.95. The molecular weight excluding hydrogens is 126 g/mol. The second-order valence-electron chi connectivity index (χ2n) is 2.51. The fraction of sp³-hybridized carbons (Fsp3) is 1.00. The average Bonchev–Trinajstić information content (AvgIpc) is 1.61. The van der Waals surface area contributed by atoms with Crippen LogP contribution in [0.25, 0.3) is 0 Å². The van der Waals surface area contributed by atoms with Gasteiger partial charge in [0.15, 0.2) is 0 Å². The number of hydrogen-bond acceptors (Lipinski definition) is 2. The Morgan fingerprint density at radius 1 is 1.62 bits per heavy atom. The van der Waals surface area contributed by atoms with Gasteiger partial charge < -0.3 is 10.5 Å². The van der Waals surface area contributed by atoms with Crippen LogP contribution in [0.1, 0.15) is 6.92 Å². The van der Waals surface area contributed by atoms with E-state index in [4.69, 9.17) is 10.5 Å². The van der Waals surface area contributed by atoms with E-state index in [0.717, 1.165) is 19.8 Å². The van der Waals surface area contributed by atoms with Gasteiger partial charge in [-0.15, -0.1) is 12.4 Å². The lowest BCUT2D eigenvalue weighted by molar-refractivity contribution is -0.0947. The van der Waals surface area contributed by atoms with Crippen molar-refractivity contribution < 1.29 is 4.74 Å². The van der Waals surface area contributed by atoms with Crippen LogP contribution in [-0.2, 0) is 4.74 Å². The van der Waals surface area contributed by atoms with E-state index < -0.39 is 0 Å². The van der Waals surface area contributed by atoms with Gasteiger partial charge in [-0.2, -0.15) is 0 Å².